The first-order valence-corrected chi connectivity index (χ1v) is 8.51. The van der Waals surface area contributed by atoms with Crippen molar-refractivity contribution in [3.63, 3.8) is 0 Å². The van der Waals surface area contributed by atoms with Crippen LogP contribution in [0.25, 0.3) is 0 Å². The van der Waals surface area contributed by atoms with Gasteiger partial charge in [-0.2, -0.15) is 9.57 Å². The van der Waals surface area contributed by atoms with Crippen molar-refractivity contribution >= 4 is 16.0 Å². The number of nitrogens with zero attached hydrogens (tertiary/aromatic N) is 2. The highest BCUT2D eigenvalue weighted by atomic mass is 32.2. The van der Waals surface area contributed by atoms with Crippen LogP contribution in [0.2, 0.25) is 0 Å². The Morgan fingerprint density at radius 2 is 2.12 bits per heavy atom. The fourth-order valence-corrected chi connectivity index (χ4v) is 3.54. The van der Waals surface area contributed by atoms with Gasteiger partial charge in [0.1, 0.15) is 5.76 Å². The lowest BCUT2D eigenvalue weighted by Crippen LogP contribution is -2.31. The number of hydrogen-bond acceptors (Lipinski definition) is 6. The van der Waals surface area contributed by atoms with Gasteiger partial charge in [-0.15, -0.1) is 0 Å². The second kappa shape index (κ2) is 7.77. The lowest BCUT2D eigenvalue weighted by atomic mass is 10.2. The molecule has 7 nitrogen and oxygen atoms in total. The molecule has 0 N–H and O–H groups in total. The third-order valence-electron chi connectivity index (χ3n) is 3.28. The predicted molar refractivity (Wildman–Crippen MR) is 84.3 cm³/mol. The molecule has 0 saturated heterocycles. The quantitative estimate of drug-likeness (QED) is 0.711. The van der Waals surface area contributed by atoms with Gasteiger partial charge in [-0.1, -0.05) is 6.07 Å². The van der Waals surface area contributed by atoms with Crippen LogP contribution in [0.4, 0.5) is 0 Å². The zero-order valence-corrected chi connectivity index (χ0v) is 13.8. The summed E-state index contributed by atoms with van der Waals surface area (Å²) >= 11 is 0. The number of benzene rings is 1. The van der Waals surface area contributed by atoms with Crippen LogP contribution >= 0.6 is 0 Å². The Morgan fingerprint density at radius 1 is 1.33 bits per heavy atom. The van der Waals surface area contributed by atoms with E-state index in [0.717, 1.165) is 4.31 Å². The van der Waals surface area contributed by atoms with Crippen LogP contribution in [0.15, 0.2) is 52.0 Å². The van der Waals surface area contributed by atoms with Gasteiger partial charge in [0.15, 0.2) is 0 Å². The van der Waals surface area contributed by atoms with Crippen molar-refractivity contribution in [2.45, 2.75) is 17.9 Å². The van der Waals surface area contributed by atoms with E-state index in [0.29, 0.717) is 5.76 Å². The lowest BCUT2D eigenvalue weighted by molar-refractivity contribution is 0.0600. The highest BCUT2D eigenvalue weighted by Crippen LogP contribution is 2.20. The van der Waals surface area contributed by atoms with Crippen LogP contribution in [-0.4, -0.2) is 32.3 Å². The average molecular weight is 348 g/mol. The SMILES string of the molecule is COC(=O)c1cccc(S(=O)(=O)N(CCC#N)Cc2ccco2)c1. The van der Waals surface area contributed by atoms with E-state index in [2.05, 4.69) is 4.74 Å². The van der Waals surface area contributed by atoms with E-state index in [4.69, 9.17) is 9.68 Å². The molecule has 0 amide bonds. The van der Waals surface area contributed by atoms with Crippen LogP contribution in [0.5, 0.6) is 0 Å². The molecule has 2 rings (SSSR count). The van der Waals surface area contributed by atoms with Crippen molar-refractivity contribution in [2.24, 2.45) is 0 Å². The summed E-state index contributed by atoms with van der Waals surface area (Å²) < 4.78 is 36.6. The molecular weight excluding hydrogens is 332 g/mol. The largest absolute Gasteiger partial charge is 0.468 e. The average Bonchev–Trinajstić information content (AvgIpc) is 3.11. The molecule has 0 spiro atoms. The van der Waals surface area contributed by atoms with Crippen molar-refractivity contribution < 1.29 is 22.4 Å². The van der Waals surface area contributed by atoms with Crippen LogP contribution in [0.1, 0.15) is 22.5 Å². The summed E-state index contributed by atoms with van der Waals surface area (Å²) in [5.41, 5.74) is 0.136. The summed E-state index contributed by atoms with van der Waals surface area (Å²) in [6.45, 7) is 0.0153. The summed E-state index contributed by atoms with van der Waals surface area (Å²) in [6, 6.07) is 10.8. The molecule has 0 aliphatic carbocycles. The Morgan fingerprint density at radius 3 is 2.75 bits per heavy atom. The first-order valence-electron chi connectivity index (χ1n) is 7.07. The van der Waals surface area contributed by atoms with Crippen LogP contribution in [0, 0.1) is 11.3 Å². The highest BCUT2D eigenvalue weighted by Gasteiger charge is 2.26. The zero-order valence-electron chi connectivity index (χ0n) is 13.0. The molecule has 0 unspecified atom stereocenters. The van der Waals surface area contributed by atoms with Crippen molar-refractivity contribution in [1.29, 1.82) is 5.26 Å². The van der Waals surface area contributed by atoms with Gasteiger partial charge in [0, 0.05) is 13.0 Å². The van der Waals surface area contributed by atoms with Gasteiger partial charge >= 0.3 is 5.97 Å². The first-order chi connectivity index (χ1) is 11.5. The Labute approximate surface area is 140 Å². The van der Waals surface area contributed by atoms with E-state index in [-0.39, 0.29) is 30.0 Å². The number of rotatable bonds is 7. The molecule has 1 heterocycles. The summed E-state index contributed by atoms with van der Waals surface area (Å²) in [7, 11) is -2.68. The zero-order chi connectivity index (χ0) is 17.6. The topological polar surface area (TPSA) is 101 Å². The van der Waals surface area contributed by atoms with E-state index >= 15 is 0 Å². The van der Waals surface area contributed by atoms with Crippen molar-refractivity contribution in [2.75, 3.05) is 13.7 Å². The molecule has 126 valence electrons. The molecule has 0 saturated carbocycles. The van der Waals surface area contributed by atoms with Gasteiger partial charge in [-0.3, -0.25) is 0 Å². The minimum atomic E-state index is -3.90. The maximum absolute atomic E-state index is 12.9. The van der Waals surface area contributed by atoms with E-state index in [9.17, 15) is 13.2 Å². The Hall–Kier alpha value is -2.63. The summed E-state index contributed by atoms with van der Waals surface area (Å²) in [4.78, 5) is 11.6. The van der Waals surface area contributed by atoms with Gasteiger partial charge < -0.3 is 9.15 Å². The number of ether oxygens (including phenoxy) is 1. The molecule has 1 aromatic carbocycles. The molecule has 0 aliphatic rings. The first kappa shape index (κ1) is 17.7. The van der Waals surface area contributed by atoms with E-state index < -0.39 is 16.0 Å². The van der Waals surface area contributed by atoms with Gasteiger partial charge in [-0.25, -0.2) is 13.2 Å². The van der Waals surface area contributed by atoms with Crippen molar-refractivity contribution in [3.05, 3.63) is 54.0 Å². The van der Waals surface area contributed by atoms with E-state index in [1.54, 1.807) is 12.1 Å². The molecule has 0 radical (unpaired) electrons. The molecule has 8 heteroatoms. The highest BCUT2D eigenvalue weighted by molar-refractivity contribution is 7.89. The van der Waals surface area contributed by atoms with E-state index in [1.807, 2.05) is 6.07 Å². The molecule has 24 heavy (non-hydrogen) atoms. The third-order valence-corrected chi connectivity index (χ3v) is 5.12. The second-order valence-electron chi connectivity index (χ2n) is 4.85. The van der Waals surface area contributed by atoms with Gasteiger partial charge in [0.25, 0.3) is 0 Å². The van der Waals surface area contributed by atoms with Gasteiger partial charge in [0.2, 0.25) is 10.0 Å². The number of carbonyl (C=O) groups is 1. The van der Waals surface area contributed by atoms with Crippen LogP contribution in [0.3, 0.4) is 0 Å². The minimum absolute atomic E-state index is 0.000531. The van der Waals surface area contributed by atoms with Crippen molar-refractivity contribution in [3.8, 4) is 6.07 Å². The standard InChI is InChI=1S/C16H16N2O5S/c1-22-16(19)13-5-2-7-15(11-13)24(20,21)18(9-4-8-17)12-14-6-3-10-23-14/h2-3,5-7,10-11H,4,9,12H2,1H3. The second-order valence-corrected chi connectivity index (χ2v) is 6.78. The monoisotopic (exact) mass is 348 g/mol. The number of hydrogen-bond donors (Lipinski definition) is 0. The molecule has 1 aromatic heterocycles. The molecule has 0 aliphatic heterocycles. The van der Waals surface area contributed by atoms with E-state index in [1.165, 1.54) is 37.6 Å². The third kappa shape index (κ3) is 4.01. The molecule has 2 aromatic rings. The fraction of sp³-hybridized carbons (Fsp3) is 0.250. The number of nitriles is 1. The summed E-state index contributed by atoms with van der Waals surface area (Å²) in [6.07, 6.45) is 1.49. The predicted octanol–water partition coefficient (Wildman–Crippen LogP) is 2.17. The Kier molecular flexibility index (Phi) is 5.73. The van der Waals surface area contributed by atoms with Crippen LogP contribution in [-0.2, 0) is 21.3 Å². The number of sulfonamides is 1. The smallest absolute Gasteiger partial charge is 0.337 e. The Bertz CT molecular complexity index is 838. The maximum Gasteiger partial charge on any atom is 0.337 e. The minimum Gasteiger partial charge on any atom is -0.468 e. The number of furan rings is 1. The number of esters is 1. The summed E-state index contributed by atoms with van der Waals surface area (Å²) in [5, 5.41) is 8.77. The normalized spacial score (nSPS) is 11.2. The molecule has 0 atom stereocenters. The maximum atomic E-state index is 12.9. The molecular formula is C16H16N2O5S. The lowest BCUT2D eigenvalue weighted by Gasteiger charge is -2.20. The number of methoxy groups -OCH3 is 1. The van der Waals surface area contributed by atoms with Gasteiger partial charge in [0.05, 0.1) is 36.4 Å². The van der Waals surface area contributed by atoms with Crippen LogP contribution < -0.4 is 0 Å². The number of carbonyl (C=O) groups excluding carboxylic acids is 1. The van der Waals surface area contributed by atoms with Crippen molar-refractivity contribution in [1.82, 2.24) is 4.31 Å². The Balaban J connectivity index is 2.36. The van der Waals surface area contributed by atoms with Gasteiger partial charge in [-0.05, 0) is 30.3 Å². The summed E-state index contributed by atoms with van der Waals surface area (Å²) in [5.74, 6) is -0.165. The molecule has 0 bridgehead atoms. The fourth-order valence-electron chi connectivity index (χ4n) is 2.09. The molecule has 0 fully saturated rings.